The molecule has 0 aliphatic carbocycles. The molecule has 1 aromatic heterocycles. The number of rotatable bonds is 6. The van der Waals surface area contributed by atoms with Crippen molar-refractivity contribution in [2.24, 2.45) is 5.92 Å². The van der Waals surface area contributed by atoms with E-state index in [-0.39, 0.29) is 0 Å². The Kier molecular flexibility index (Phi) is 5.01. The van der Waals surface area contributed by atoms with Crippen molar-refractivity contribution < 1.29 is 0 Å². The van der Waals surface area contributed by atoms with E-state index in [0.717, 1.165) is 19.0 Å². The lowest BCUT2D eigenvalue weighted by atomic mass is 10.1. The second-order valence-corrected chi connectivity index (χ2v) is 4.43. The summed E-state index contributed by atoms with van der Waals surface area (Å²) >= 11 is 1.71. The quantitative estimate of drug-likeness (QED) is 0.760. The van der Waals surface area contributed by atoms with E-state index in [9.17, 15) is 0 Å². The molecule has 3 heteroatoms. The zero-order valence-corrected chi connectivity index (χ0v) is 9.23. The van der Waals surface area contributed by atoms with Gasteiger partial charge in [0.25, 0.3) is 0 Å². The lowest BCUT2D eigenvalue weighted by Crippen LogP contribution is -2.20. The molecule has 0 amide bonds. The molecule has 1 unspecified atom stereocenters. The first-order chi connectivity index (χ1) is 6.33. The lowest BCUT2D eigenvalue weighted by molar-refractivity contribution is 0.475. The highest BCUT2D eigenvalue weighted by atomic mass is 32.1. The topological polar surface area (TPSA) is 24.9 Å². The Morgan fingerprint density at radius 1 is 1.62 bits per heavy atom. The van der Waals surface area contributed by atoms with Gasteiger partial charge in [-0.05, 0) is 18.9 Å². The Bertz CT molecular complexity index is 209. The number of hydrogen-bond acceptors (Lipinski definition) is 3. The number of nitrogens with zero attached hydrogens (tertiary/aromatic N) is 1. The van der Waals surface area contributed by atoms with E-state index < -0.39 is 0 Å². The average molecular weight is 198 g/mol. The van der Waals surface area contributed by atoms with Gasteiger partial charge in [0.1, 0.15) is 5.01 Å². The molecule has 1 heterocycles. The fourth-order valence-corrected chi connectivity index (χ4v) is 1.95. The molecule has 1 atom stereocenters. The van der Waals surface area contributed by atoms with Crippen molar-refractivity contribution in [3.63, 3.8) is 0 Å². The van der Waals surface area contributed by atoms with Gasteiger partial charge in [-0.15, -0.1) is 11.3 Å². The Morgan fingerprint density at radius 2 is 2.46 bits per heavy atom. The maximum atomic E-state index is 4.22. The monoisotopic (exact) mass is 198 g/mol. The van der Waals surface area contributed by atoms with Crippen LogP contribution in [0.2, 0.25) is 0 Å². The fraction of sp³-hybridized carbons (Fsp3) is 0.700. The van der Waals surface area contributed by atoms with E-state index in [1.54, 1.807) is 11.3 Å². The smallest absolute Gasteiger partial charge is 0.106 e. The van der Waals surface area contributed by atoms with Gasteiger partial charge in [0, 0.05) is 18.1 Å². The van der Waals surface area contributed by atoms with Gasteiger partial charge in [-0.2, -0.15) is 0 Å². The Morgan fingerprint density at radius 3 is 3.08 bits per heavy atom. The molecule has 0 spiro atoms. The molecule has 0 fully saturated rings. The van der Waals surface area contributed by atoms with Gasteiger partial charge in [-0.1, -0.05) is 20.3 Å². The maximum absolute atomic E-state index is 4.22. The summed E-state index contributed by atoms with van der Waals surface area (Å²) < 4.78 is 0. The van der Waals surface area contributed by atoms with E-state index in [2.05, 4.69) is 24.1 Å². The van der Waals surface area contributed by atoms with E-state index in [1.165, 1.54) is 17.8 Å². The summed E-state index contributed by atoms with van der Waals surface area (Å²) in [5, 5.41) is 6.62. The fourth-order valence-electron chi connectivity index (χ4n) is 1.36. The first-order valence-corrected chi connectivity index (χ1v) is 5.80. The van der Waals surface area contributed by atoms with Gasteiger partial charge in [0.05, 0.1) is 0 Å². The van der Waals surface area contributed by atoms with Crippen LogP contribution < -0.4 is 5.32 Å². The highest BCUT2D eigenvalue weighted by Crippen LogP contribution is 2.05. The Labute approximate surface area is 84.4 Å². The zero-order chi connectivity index (χ0) is 9.52. The molecule has 0 radical (unpaired) electrons. The van der Waals surface area contributed by atoms with Crippen LogP contribution in [-0.4, -0.2) is 11.5 Å². The second-order valence-electron chi connectivity index (χ2n) is 3.45. The molecule has 0 saturated carbocycles. The van der Waals surface area contributed by atoms with Crippen molar-refractivity contribution in [3.8, 4) is 0 Å². The molecule has 0 aliphatic rings. The van der Waals surface area contributed by atoms with Crippen LogP contribution in [0.5, 0.6) is 0 Å². The average Bonchev–Trinajstić information content (AvgIpc) is 2.57. The first kappa shape index (κ1) is 10.7. The summed E-state index contributed by atoms with van der Waals surface area (Å²) in [4.78, 5) is 4.22. The molecule has 2 nitrogen and oxygen atoms in total. The van der Waals surface area contributed by atoms with Crippen LogP contribution >= 0.6 is 11.3 Å². The SMILES string of the molecule is CCCC(C)CNCc1nccs1. The van der Waals surface area contributed by atoms with Gasteiger partial charge < -0.3 is 5.32 Å². The van der Waals surface area contributed by atoms with Crippen molar-refractivity contribution in [1.82, 2.24) is 10.3 Å². The van der Waals surface area contributed by atoms with Crippen molar-refractivity contribution >= 4 is 11.3 Å². The molecular weight excluding hydrogens is 180 g/mol. The zero-order valence-electron chi connectivity index (χ0n) is 8.42. The number of hydrogen-bond donors (Lipinski definition) is 1. The van der Waals surface area contributed by atoms with Crippen molar-refractivity contribution in [2.45, 2.75) is 33.2 Å². The van der Waals surface area contributed by atoms with Gasteiger partial charge in [0.15, 0.2) is 0 Å². The summed E-state index contributed by atoms with van der Waals surface area (Å²) in [6.07, 6.45) is 4.45. The normalized spacial score (nSPS) is 13.1. The van der Waals surface area contributed by atoms with Crippen molar-refractivity contribution in [2.75, 3.05) is 6.54 Å². The summed E-state index contributed by atoms with van der Waals surface area (Å²) in [5.74, 6) is 0.782. The van der Waals surface area contributed by atoms with Crippen LogP contribution in [0.25, 0.3) is 0 Å². The van der Waals surface area contributed by atoms with E-state index in [4.69, 9.17) is 0 Å². The lowest BCUT2D eigenvalue weighted by Gasteiger charge is -2.09. The molecule has 1 aromatic rings. The van der Waals surface area contributed by atoms with Gasteiger partial charge in [-0.25, -0.2) is 4.98 Å². The van der Waals surface area contributed by atoms with Crippen LogP contribution in [0.3, 0.4) is 0 Å². The highest BCUT2D eigenvalue weighted by molar-refractivity contribution is 7.09. The van der Waals surface area contributed by atoms with E-state index in [0.29, 0.717) is 0 Å². The Hall–Kier alpha value is -0.410. The minimum absolute atomic E-state index is 0.782. The third kappa shape index (κ3) is 4.39. The molecule has 0 aliphatic heterocycles. The van der Waals surface area contributed by atoms with Gasteiger partial charge in [0.2, 0.25) is 0 Å². The number of aromatic nitrogens is 1. The number of nitrogens with one attached hydrogen (secondary N) is 1. The van der Waals surface area contributed by atoms with Crippen molar-refractivity contribution in [1.29, 1.82) is 0 Å². The molecule has 0 aromatic carbocycles. The standard InChI is InChI=1S/C10H18N2S/c1-3-4-9(2)7-11-8-10-12-5-6-13-10/h5-6,9,11H,3-4,7-8H2,1-2H3. The molecule has 1 N–H and O–H groups in total. The minimum atomic E-state index is 0.782. The van der Waals surface area contributed by atoms with Crippen molar-refractivity contribution in [3.05, 3.63) is 16.6 Å². The van der Waals surface area contributed by atoms with Gasteiger partial charge in [-0.3, -0.25) is 0 Å². The molecule has 0 bridgehead atoms. The number of thiazole rings is 1. The summed E-state index contributed by atoms with van der Waals surface area (Å²) in [5.41, 5.74) is 0. The summed E-state index contributed by atoms with van der Waals surface area (Å²) in [7, 11) is 0. The summed E-state index contributed by atoms with van der Waals surface area (Å²) in [6, 6.07) is 0. The van der Waals surface area contributed by atoms with Crippen LogP contribution in [0, 0.1) is 5.92 Å². The maximum Gasteiger partial charge on any atom is 0.106 e. The molecule has 74 valence electrons. The third-order valence-electron chi connectivity index (χ3n) is 2.03. The predicted octanol–water partition coefficient (Wildman–Crippen LogP) is 2.67. The second kappa shape index (κ2) is 6.11. The molecule has 0 saturated heterocycles. The molecular formula is C10H18N2S. The van der Waals surface area contributed by atoms with E-state index >= 15 is 0 Å². The molecule has 13 heavy (non-hydrogen) atoms. The van der Waals surface area contributed by atoms with Gasteiger partial charge >= 0.3 is 0 Å². The van der Waals surface area contributed by atoms with Crippen LogP contribution in [-0.2, 0) is 6.54 Å². The predicted molar refractivity (Wildman–Crippen MR) is 57.9 cm³/mol. The van der Waals surface area contributed by atoms with E-state index in [1.807, 2.05) is 11.6 Å². The minimum Gasteiger partial charge on any atom is -0.310 e. The van der Waals surface area contributed by atoms with Crippen LogP contribution in [0.4, 0.5) is 0 Å². The third-order valence-corrected chi connectivity index (χ3v) is 2.81. The van der Waals surface area contributed by atoms with Crippen LogP contribution in [0.15, 0.2) is 11.6 Å². The largest absolute Gasteiger partial charge is 0.310 e. The highest BCUT2D eigenvalue weighted by Gasteiger charge is 2.00. The Balaban J connectivity index is 2.07. The molecule has 1 rings (SSSR count). The van der Waals surface area contributed by atoms with Crippen LogP contribution in [0.1, 0.15) is 31.7 Å². The first-order valence-electron chi connectivity index (χ1n) is 4.92. The summed E-state index contributed by atoms with van der Waals surface area (Å²) in [6.45, 7) is 6.55.